The lowest BCUT2D eigenvalue weighted by Crippen LogP contribution is -2.38. The van der Waals surface area contributed by atoms with Crippen LogP contribution in [0.2, 0.25) is 0 Å². The van der Waals surface area contributed by atoms with Crippen molar-refractivity contribution in [3.63, 3.8) is 0 Å². The molecule has 0 atom stereocenters. The predicted octanol–water partition coefficient (Wildman–Crippen LogP) is 3.58. The zero-order chi connectivity index (χ0) is 18.9. The van der Waals surface area contributed by atoms with E-state index in [1.165, 1.54) is 11.8 Å². The highest BCUT2D eigenvalue weighted by Crippen LogP contribution is 2.23. The van der Waals surface area contributed by atoms with E-state index in [9.17, 15) is 9.59 Å². The molecule has 0 aliphatic carbocycles. The number of para-hydroxylation sites is 2. The van der Waals surface area contributed by atoms with Gasteiger partial charge < -0.3 is 15.0 Å². The van der Waals surface area contributed by atoms with E-state index in [4.69, 9.17) is 4.74 Å². The fourth-order valence-corrected chi connectivity index (χ4v) is 3.37. The molecule has 0 saturated heterocycles. The van der Waals surface area contributed by atoms with Crippen LogP contribution in [0.25, 0.3) is 0 Å². The minimum atomic E-state index is -0.245. The van der Waals surface area contributed by atoms with Crippen LogP contribution < -0.4 is 10.1 Å². The third-order valence-electron chi connectivity index (χ3n) is 3.89. The van der Waals surface area contributed by atoms with Crippen LogP contribution in [-0.4, -0.2) is 42.7 Å². The number of rotatable bonds is 8. The van der Waals surface area contributed by atoms with Crippen LogP contribution >= 0.6 is 11.8 Å². The Bertz CT molecular complexity index is 764. The standard InChI is InChI=1S/C20H24N2O3S/c1-4-22(20(24)14-26-18-12-8-5-9-15(18)2)13-19(23)21-16-10-6-7-11-17(16)25-3/h5-12H,4,13-14H2,1-3H3,(H,21,23). The molecule has 0 spiro atoms. The number of amides is 2. The summed E-state index contributed by atoms with van der Waals surface area (Å²) in [6.07, 6.45) is 0. The third kappa shape index (κ3) is 5.52. The number of aryl methyl sites for hydroxylation is 1. The van der Waals surface area contributed by atoms with Crippen molar-refractivity contribution in [1.29, 1.82) is 0 Å². The highest BCUT2D eigenvalue weighted by atomic mass is 32.2. The molecule has 2 aromatic carbocycles. The normalized spacial score (nSPS) is 10.3. The minimum Gasteiger partial charge on any atom is -0.495 e. The quantitative estimate of drug-likeness (QED) is 0.720. The van der Waals surface area contributed by atoms with Crippen molar-refractivity contribution < 1.29 is 14.3 Å². The fourth-order valence-electron chi connectivity index (χ4n) is 2.44. The van der Waals surface area contributed by atoms with Crippen LogP contribution in [0.5, 0.6) is 5.75 Å². The van der Waals surface area contributed by atoms with Gasteiger partial charge in [-0.15, -0.1) is 11.8 Å². The molecule has 26 heavy (non-hydrogen) atoms. The Morgan fingerprint density at radius 2 is 1.81 bits per heavy atom. The van der Waals surface area contributed by atoms with E-state index < -0.39 is 0 Å². The molecule has 0 bridgehead atoms. The average molecular weight is 372 g/mol. The Labute approximate surface area is 158 Å². The molecule has 0 aromatic heterocycles. The molecule has 0 fully saturated rings. The monoisotopic (exact) mass is 372 g/mol. The first kappa shape index (κ1) is 19.8. The maximum atomic E-state index is 12.5. The van der Waals surface area contributed by atoms with Gasteiger partial charge in [-0.3, -0.25) is 9.59 Å². The maximum absolute atomic E-state index is 12.5. The SMILES string of the molecule is CCN(CC(=O)Nc1ccccc1OC)C(=O)CSc1ccccc1C. The van der Waals surface area contributed by atoms with Gasteiger partial charge in [0.2, 0.25) is 11.8 Å². The first-order valence-corrected chi connectivity index (χ1v) is 9.42. The Kier molecular flexibility index (Phi) is 7.53. The molecule has 0 aliphatic rings. The van der Waals surface area contributed by atoms with Gasteiger partial charge in [0.15, 0.2) is 0 Å². The number of nitrogens with one attached hydrogen (secondary N) is 1. The summed E-state index contributed by atoms with van der Waals surface area (Å²) in [6, 6.07) is 15.1. The number of thioether (sulfide) groups is 1. The molecular weight excluding hydrogens is 348 g/mol. The van der Waals surface area contributed by atoms with Crippen molar-refractivity contribution in [2.45, 2.75) is 18.7 Å². The lowest BCUT2D eigenvalue weighted by molar-refractivity contribution is -0.132. The molecule has 6 heteroatoms. The molecule has 0 saturated carbocycles. The number of hydrogen-bond donors (Lipinski definition) is 1. The summed E-state index contributed by atoms with van der Waals surface area (Å²) < 4.78 is 5.23. The summed E-state index contributed by atoms with van der Waals surface area (Å²) in [6.45, 7) is 4.38. The summed E-state index contributed by atoms with van der Waals surface area (Å²) in [5.41, 5.74) is 1.74. The van der Waals surface area contributed by atoms with Crippen LogP contribution in [0.4, 0.5) is 5.69 Å². The molecule has 1 N–H and O–H groups in total. The van der Waals surface area contributed by atoms with Crippen molar-refractivity contribution >= 4 is 29.3 Å². The summed E-state index contributed by atoms with van der Waals surface area (Å²) >= 11 is 1.49. The lowest BCUT2D eigenvalue weighted by Gasteiger charge is -2.20. The Hall–Kier alpha value is -2.47. The molecular formula is C20H24N2O3S. The second-order valence-corrected chi connectivity index (χ2v) is 6.73. The predicted molar refractivity (Wildman–Crippen MR) is 106 cm³/mol. The molecule has 138 valence electrons. The van der Waals surface area contributed by atoms with Gasteiger partial charge in [0, 0.05) is 11.4 Å². The van der Waals surface area contributed by atoms with Gasteiger partial charge in [-0.2, -0.15) is 0 Å². The van der Waals surface area contributed by atoms with E-state index in [0.29, 0.717) is 23.7 Å². The van der Waals surface area contributed by atoms with Crippen LogP contribution in [0.15, 0.2) is 53.4 Å². The number of carbonyl (C=O) groups excluding carboxylic acids is 2. The van der Waals surface area contributed by atoms with Gasteiger partial charge in [-0.1, -0.05) is 30.3 Å². The summed E-state index contributed by atoms with van der Waals surface area (Å²) in [5, 5.41) is 2.80. The Balaban J connectivity index is 1.92. The van der Waals surface area contributed by atoms with Gasteiger partial charge in [0.1, 0.15) is 5.75 Å². The fraction of sp³-hybridized carbons (Fsp3) is 0.300. The minimum absolute atomic E-state index is 0.0156. The van der Waals surface area contributed by atoms with Gasteiger partial charge in [-0.25, -0.2) is 0 Å². The molecule has 2 aromatic rings. The number of likely N-dealkylation sites (N-methyl/N-ethyl adjacent to an activating group) is 1. The third-order valence-corrected chi connectivity index (χ3v) is 5.06. The van der Waals surface area contributed by atoms with Crippen molar-refractivity contribution in [1.82, 2.24) is 4.90 Å². The number of carbonyl (C=O) groups is 2. The van der Waals surface area contributed by atoms with Crippen LogP contribution in [0.1, 0.15) is 12.5 Å². The lowest BCUT2D eigenvalue weighted by atomic mass is 10.2. The average Bonchev–Trinajstić information content (AvgIpc) is 2.65. The summed E-state index contributed by atoms with van der Waals surface area (Å²) in [7, 11) is 1.55. The van der Waals surface area contributed by atoms with E-state index in [0.717, 1.165) is 10.5 Å². The largest absolute Gasteiger partial charge is 0.495 e. The highest BCUT2D eigenvalue weighted by molar-refractivity contribution is 8.00. The highest BCUT2D eigenvalue weighted by Gasteiger charge is 2.17. The number of benzene rings is 2. The van der Waals surface area contributed by atoms with E-state index in [1.807, 2.05) is 50.2 Å². The zero-order valence-corrected chi connectivity index (χ0v) is 16.1. The smallest absolute Gasteiger partial charge is 0.244 e. The van der Waals surface area contributed by atoms with E-state index in [1.54, 1.807) is 24.1 Å². The van der Waals surface area contributed by atoms with Crippen LogP contribution in [-0.2, 0) is 9.59 Å². The first-order chi connectivity index (χ1) is 12.5. The van der Waals surface area contributed by atoms with Gasteiger partial charge in [0.25, 0.3) is 0 Å². The number of methoxy groups -OCH3 is 1. The van der Waals surface area contributed by atoms with Gasteiger partial charge in [0.05, 0.1) is 25.1 Å². The van der Waals surface area contributed by atoms with E-state index >= 15 is 0 Å². The molecule has 0 radical (unpaired) electrons. The number of ether oxygens (including phenoxy) is 1. The molecule has 2 rings (SSSR count). The van der Waals surface area contributed by atoms with Crippen LogP contribution in [0.3, 0.4) is 0 Å². The van der Waals surface area contributed by atoms with Crippen molar-refractivity contribution in [3.05, 3.63) is 54.1 Å². The first-order valence-electron chi connectivity index (χ1n) is 8.44. The van der Waals surface area contributed by atoms with Crippen molar-refractivity contribution in [2.75, 3.05) is 31.3 Å². The maximum Gasteiger partial charge on any atom is 0.244 e. The molecule has 0 unspecified atom stereocenters. The topological polar surface area (TPSA) is 58.6 Å². The summed E-state index contributed by atoms with van der Waals surface area (Å²) in [5.74, 6) is 0.590. The second-order valence-electron chi connectivity index (χ2n) is 5.71. The number of anilines is 1. The Morgan fingerprint density at radius 3 is 2.50 bits per heavy atom. The molecule has 0 aliphatic heterocycles. The summed E-state index contributed by atoms with van der Waals surface area (Å²) in [4.78, 5) is 27.4. The van der Waals surface area contributed by atoms with Crippen LogP contribution in [0, 0.1) is 6.92 Å². The molecule has 0 heterocycles. The zero-order valence-electron chi connectivity index (χ0n) is 15.3. The van der Waals surface area contributed by atoms with Gasteiger partial charge in [-0.05, 0) is 37.6 Å². The van der Waals surface area contributed by atoms with Gasteiger partial charge >= 0.3 is 0 Å². The van der Waals surface area contributed by atoms with E-state index in [-0.39, 0.29) is 18.4 Å². The Morgan fingerprint density at radius 1 is 1.12 bits per heavy atom. The molecule has 5 nitrogen and oxygen atoms in total. The van der Waals surface area contributed by atoms with Crippen molar-refractivity contribution in [3.8, 4) is 5.75 Å². The molecule has 2 amide bonds. The van der Waals surface area contributed by atoms with E-state index in [2.05, 4.69) is 5.32 Å². The number of nitrogens with zero attached hydrogens (tertiary/aromatic N) is 1. The number of hydrogen-bond acceptors (Lipinski definition) is 4. The second kappa shape index (κ2) is 9.87. The van der Waals surface area contributed by atoms with Crippen molar-refractivity contribution in [2.24, 2.45) is 0 Å².